The number of aromatic nitrogens is 2. The van der Waals surface area contributed by atoms with E-state index in [9.17, 15) is 9.59 Å². The molecule has 1 N–H and O–H groups in total. The van der Waals surface area contributed by atoms with Crippen molar-refractivity contribution in [1.29, 1.82) is 0 Å². The molecule has 2 saturated heterocycles. The van der Waals surface area contributed by atoms with Crippen LogP contribution in [0, 0.1) is 5.92 Å². The van der Waals surface area contributed by atoms with Crippen LogP contribution in [0.3, 0.4) is 0 Å². The topological polar surface area (TPSA) is 87.7 Å². The number of anilines is 2. The highest BCUT2D eigenvalue weighted by atomic mass is 32.1. The van der Waals surface area contributed by atoms with E-state index in [4.69, 9.17) is 4.74 Å². The van der Waals surface area contributed by atoms with Gasteiger partial charge >= 0.3 is 0 Å². The van der Waals surface area contributed by atoms with Gasteiger partial charge in [-0.15, -0.1) is 10.2 Å². The van der Waals surface area contributed by atoms with E-state index in [1.54, 1.807) is 4.90 Å². The van der Waals surface area contributed by atoms with Gasteiger partial charge in [-0.1, -0.05) is 23.5 Å². The highest BCUT2D eigenvalue weighted by Gasteiger charge is 2.30. The molecule has 0 spiro atoms. The molecule has 4 rings (SSSR count). The van der Waals surface area contributed by atoms with Crippen molar-refractivity contribution in [1.82, 2.24) is 15.5 Å². The van der Waals surface area contributed by atoms with Crippen molar-refractivity contribution in [2.24, 2.45) is 5.92 Å². The molecule has 0 radical (unpaired) electrons. The Bertz CT molecular complexity index is 885. The fraction of sp³-hybridized carbons (Fsp3) is 0.524. The Morgan fingerprint density at radius 2 is 2.00 bits per heavy atom. The van der Waals surface area contributed by atoms with Crippen LogP contribution in [-0.2, 0) is 16.1 Å². The van der Waals surface area contributed by atoms with Crippen molar-refractivity contribution in [3.8, 4) is 5.75 Å². The minimum Gasteiger partial charge on any atom is -0.494 e. The van der Waals surface area contributed by atoms with E-state index in [1.165, 1.54) is 11.3 Å². The van der Waals surface area contributed by atoms with Gasteiger partial charge in [0.25, 0.3) is 0 Å². The predicted octanol–water partition coefficient (Wildman–Crippen LogP) is 2.60. The molecule has 1 atom stereocenters. The lowest BCUT2D eigenvalue weighted by atomic mass is 9.97. The van der Waals surface area contributed by atoms with Crippen LogP contribution in [0.1, 0.15) is 38.2 Å². The zero-order valence-corrected chi connectivity index (χ0v) is 18.0. The smallest absolute Gasteiger partial charge is 0.228 e. The lowest BCUT2D eigenvalue weighted by Crippen LogP contribution is -2.43. The Balaban J connectivity index is 1.31. The van der Waals surface area contributed by atoms with Crippen LogP contribution >= 0.6 is 11.3 Å². The molecular formula is C21H27N5O3S. The molecule has 2 aromatic rings. The number of nitrogens with zero attached hydrogens (tertiary/aromatic N) is 4. The Morgan fingerprint density at radius 3 is 2.73 bits per heavy atom. The molecular weight excluding hydrogens is 402 g/mol. The summed E-state index contributed by atoms with van der Waals surface area (Å²) in [4.78, 5) is 28.5. The summed E-state index contributed by atoms with van der Waals surface area (Å²) in [6.07, 6.45) is 3.24. The standard InChI is InChI=1S/C21H27N5O3S/c1-2-29-17-9-7-15(8-10-17)13-22-19(28)16-5-3-11-25(14-16)20-23-24-21(30-20)26-12-4-6-18(26)27/h7-10,16H,2-6,11-14H2,1H3,(H,22,28). The Labute approximate surface area is 180 Å². The van der Waals surface area contributed by atoms with Gasteiger partial charge in [0.1, 0.15) is 5.75 Å². The summed E-state index contributed by atoms with van der Waals surface area (Å²) in [5.41, 5.74) is 1.04. The van der Waals surface area contributed by atoms with Crippen LogP contribution in [0.2, 0.25) is 0 Å². The second kappa shape index (κ2) is 9.42. The molecule has 3 heterocycles. The van der Waals surface area contributed by atoms with Gasteiger partial charge in [-0.25, -0.2) is 0 Å². The van der Waals surface area contributed by atoms with E-state index in [-0.39, 0.29) is 17.7 Å². The van der Waals surface area contributed by atoms with E-state index in [1.807, 2.05) is 31.2 Å². The normalized spacial score (nSPS) is 19.2. The average molecular weight is 430 g/mol. The molecule has 2 amide bonds. The number of ether oxygens (including phenoxy) is 1. The Hall–Kier alpha value is -2.68. The fourth-order valence-corrected chi connectivity index (χ4v) is 4.79. The zero-order valence-electron chi connectivity index (χ0n) is 17.2. The monoisotopic (exact) mass is 429 g/mol. The van der Waals surface area contributed by atoms with E-state index in [2.05, 4.69) is 20.4 Å². The number of hydrogen-bond acceptors (Lipinski definition) is 7. The molecule has 1 unspecified atom stereocenters. The maximum Gasteiger partial charge on any atom is 0.228 e. The van der Waals surface area contributed by atoms with Gasteiger partial charge in [0.15, 0.2) is 0 Å². The molecule has 9 heteroatoms. The summed E-state index contributed by atoms with van der Waals surface area (Å²) in [5, 5.41) is 13.0. The van der Waals surface area contributed by atoms with Gasteiger partial charge < -0.3 is 15.0 Å². The number of carbonyl (C=O) groups is 2. The van der Waals surface area contributed by atoms with Crippen LogP contribution in [0.4, 0.5) is 10.3 Å². The van der Waals surface area contributed by atoms with E-state index < -0.39 is 0 Å². The van der Waals surface area contributed by atoms with Gasteiger partial charge in [-0.05, 0) is 43.9 Å². The number of rotatable bonds is 7. The van der Waals surface area contributed by atoms with Crippen LogP contribution in [-0.4, -0.2) is 48.3 Å². The maximum absolute atomic E-state index is 12.7. The highest BCUT2D eigenvalue weighted by Crippen LogP contribution is 2.32. The van der Waals surface area contributed by atoms with Crippen molar-refractivity contribution in [2.75, 3.05) is 36.0 Å². The first-order valence-corrected chi connectivity index (χ1v) is 11.3. The van der Waals surface area contributed by atoms with E-state index in [0.717, 1.165) is 42.3 Å². The van der Waals surface area contributed by atoms with Crippen LogP contribution in [0.5, 0.6) is 5.75 Å². The first kappa shape index (κ1) is 20.6. The van der Waals surface area contributed by atoms with E-state index >= 15 is 0 Å². The van der Waals surface area contributed by atoms with Gasteiger partial charge in [0, 0.05) is 32.6 Å². The number of carbonyl (C=O) groups excluding carboxylic acids is 2. The quantitative estimate of drug-likeness (QED) is 0.728. The van der Waals surface area contributed by atoms with Gasteiger partial charge in [-0.3, -0.25) is 14.5 Å². The van der Waals surface area contributed by atoms with Crippen molar-refractivity contribution in [3.05, 3.63) is 29.8 Å². The molecule has 2 aliphatic heterocycles. The third kappa shape index (κ3) is 4.72. The molecule has 0 saturated carbocycles. The number of nitrogens with one attached hydrogen (secondary N) is 1. The summed E-state index contributed by atoms with van der Waals surface area (Å²) < 4.78 is 5.45. The van der Waals surface area contributed by atoms with Crippen molar-refractivity contribution < 1.29 is 14.3 Å². The summed E-state index contributed by atoms with van der Waals surface area (Å²) in [5.74, 6) is 0.931. The fourth-order valence-electron chi connectivity index (χ4n) is 3.86. The molecule has 0 bridgehead atoms. The van der Waals surface area contributed by atoms with Gasteiger partial charge in [0.05, 0.1) is 12.5 Å². The number of benzene rings is 1. The molecule has 2 fully saturated rings. The lowest BCUT2D eigenvalue weighted by molar-refractivity contribution is -0.125. The minimum atomic E-state index is -0.0813. The molecule has 30 heavy (non-hydrogen) atoms. The predicted molar refractivity (Wildman–Crippen MR) is 116 cm³/mol. The summed E-state index contributed by atoms with van der Waals surface area (Å²) in [6, 6.07) is 7.79. The Kier molecular flexibility index (Phi) is 6.47. The number of hydrogen-bond donors (Lipinski definition) is 1. The zero-order chi connectivity index (χ0) is 20.9. The largest absolute Gasteiger partial charge is 0.494 e. The SMILES string of the molecule is CCOc1ccc(CNC(=O)C2CCCN(c3nnc(N4CCCC4=O)s3)C2)cc1. The minimum absolute atomic E-state index is 0.0630. The van der Waals surface area contributed by atoms with Crippen molar-refractivity contribution >= 4 is 33.4 Å². The lowest BCUT2D eigenvalue weighted by Gasteiger charge is -2.31. The molecule has 2 aliphatic rings. The molecule has 0 aliphatic carbocycles. The number of piperidine rings is 1. The van der Waals surface area contributed by atoms with Crippen LogP contribution in [0.25, 0.3) is 0 Å². The van der Waals surface area contributed by atoms with Crippen LogP contribution in [0.15, 0.2) is 24.3 Å². The maximum atomic E-state index is 12.7. The summed E-state index contributed by atoms with van der Waals surface area (Å²) in [7, 11) is 0. The Morgan fingerprint density at radius 1 is 1.20 bits per heavy atom. The van der Waals surface area contributed by atoms with Gasteiger partial charge in [-0.2, -0.15) is 0 Å². The first-order valence-electron chi connectivity index (χ1n) is 10.5. The van der Waals surface area contributed by atoms with Gasteiger partial charge in [0.2, 0.25) is 22.1 Å². The molecule has 8 nitrogen and oxygen atoms in total. The molecule has 160 valence electrons. The summed E-state index contributed by atoms with van der Waals surface area (Å²) >= 11 is 1.43. The first-order chi connectivity index (χ1) is 14.6. The second-order valence-electron chi connectivity index (χ2n) is 7.60. The highest BCUT2D eigenvalue weighted by molar-refractivity contribution is 7.19. The van der Waals surface area contributed by atoms with Crippen LogP contribution < -0.4 is 19.9 Å². The second-order valence-corrected chi connectivity index (χ2v) is 8.53. The third-order valence-corrected chi connectivity index (χ3v) is 6.48. The average Bonchev–Trinajstić information content (AvgIpc) is 3.42. The molecule has 1 aromatic carbocycles. The van der Waals surface area contributed by atoms with Crippen molar-refractivity contribution in [2.45, 2.75) is 39.2 Å². The van der Waals surface area contributed by atoms with Crippen molar-refractivity contribution in [3.63, 3.8) is 0 Å². The van der Waals surface area contributed by atoms with E-state index in [0.29, 0.717) is 37.8 Å². The molecule has 1 aromatic heterocycles. The third-order valence-electron chi connectivity index (χ3n) is 5.47. The summed E-state index contributed by atoms with van der Waals surface area (Å²) in [6.45, 7) is 5.28. The number of amides is 2.